The molecule has 0 bridgehead atoms. The zero-order chi connectivity index (χ0) is 22.3. The summed E-state index contributed by atoms with van der Waals surface area (Å²) in [6.45, 7) is -0.432. The van der Waals surface area contributed by atoms with E-state index < -0.39 is 11.9 Å². The minimum Gasteiger partial charge on any atom is -0.504 e. The maximum Gasteiger partial charge on any atom is 0.317 e. The first-order valence-corrected chi connectivity index (χ1v) is 9.05. The number of phenolic OH excluding ortho intramolecular Hbond substituents is 4. The molecule has 0 spiro atoms. The Morgan fingerprint density at radius 3 is 1.37 bits per heavy atom. The van der Waals surface area contributed by atoms with Gasteiger partial charge in [0.2, 0.25) is 0 Å². The normalized spacial score (nSPS) is 11.1. The van der Waals surface area contributed by atoms with Crippen molar-refractivity contribution in [1.82, 2.24) is 9.80 Å². The minimum atomic E-state index is -1.11. The number of aromatic hydroxyl groups is 4. The van der Waals surface area contributed by atoms with Gasteiger partial charge in [-0.2, -0.15) is 0 Å². The van der Waals surface area contributed by atoms with Crippen LogP contribution < -0.4 is 0 Å². The van der Waals surface area contributed by atoms with E-state index in [-0.39, 0.29) is 62.3 Å². The molecule has 10 nitrogen and oxygen atoms in total. The van der Waals surface area contributed by atoms with E-state index in [2.05, 4.69) is 0 Å². The van der Waals surface area contributed by atoms with E-state index in [1.54, 1.807) is 12.1 Å². The van der Waals surface area contributed by atoms with Gasteiger partial charge in [-0.3, -0.25) is 19.4 Å². The highest BCUT2D eigenvalue weighted by Crippen LogP contribution is 2.30. The Labute approximate surface area is 172 Å². The lowest BCUT2D eigenvalue weighted by molar-refractivity contribution is -0.140. The lowest BCUT2D eigenvalue weighted by Gasteiger charge is -2.26. The molecule has 0 unspecified atom stereocenters. The maximum absolute atomic E-state index is 11.2. The summed E-state index contributed by atoms with van der Waals surface area (Å²) in [6, 6.07) is 8.73. The molecule has 0 aromatic heterocycles. The van der Waals surface area contributed by atoms with Crippen molar-refractivity contribution in [1.29, 1.82) is 0 Å². The first-order chi connectivity index (χ1) is 14.2. The van der Waals surface area contributed by atoms with Crippen molar-refractivity contribution >= 4 is 11.9 Å². The average Bonchev–Trinajstić information content (AvgIpc) is 2.66. The van der Waals surface area contributed by atoms with E-state index in [4.69, 9.17) is 0 Å². The molecule has 30 heavy (non-hydrogen) atoms. The van der Waals surface area contributed by atoms with Crippen LogP contribution in [0, 0.1) is 0 Å². The number of aliphatic carboxylic acids is 2. The monoisotopic (exact) mass is 420 g/mol. The second-order valence-corrected chi connectivity index (χ2v) is 6.78. The summed E-state index contributed by atoms with van der Waals surface area (Å²) in [5.74, 6) is -3.56. The van der Waals surface area contributed by atoms with Crippen molar-refractivity contribution in [2.24, 2.45) is 0 Å². The molecular formula is C20H24N2O8. The molecule has 10 heteroatoms. The van der Waals surface area contributed by atoms with Crippen LogP contribution in [0.2, 0.25) is 0 Å². The van der Waals surface area contributed by atoms with E-state index in [0.717, 1.165) is 0 Å². The SMILES string of the molecule is O=C(O)CN(CCN(CC(=O)O)Cc1cccc(O)c1O)Cc1cccc(O)c1O. The maximum atomic E-state index is 11.2. The molecule has 2 rings (SSSR count). The summed E-state index contributed by atoms with van der Waals surface area (Å²) in [7, 11) is 0. The predicted octanol–water partition coefficient (Wildman–Crippen LogP) is 0.982. The number of nitrogens with zero attached hydrogens (tertiary/aromatic N) is 2. The number of para-hydroxylation sites is 2. The second-order valence-electron chi connectivity index (χ2n) is 6.78. The quantitative estimate of drug-likeness (QED) is 0.289. The Kier molecular flexibility index (Phi) is 7.84. The molecular weight excluding hydrogens is 396 g/mol. The largest absolute Gasteiger partial charge is 0.504 e. The van der Waals surface area contributed by atoms with Gasteiger partial charge in [-0.25, -0.2) is 0 Å². The number of benzene rings is 2. The van der Waals surface area contributed by atoms with E-state index in [1.807, 2.05) is 0 Å². The van der Waals surface area contributed by atoms with Gasteiger partial charge in [-0.05, 0) is 12.1 Å². The highest BCUT2D eigenvalue weighted by atomic mass is 16.4. The summed E-state index contributed by atoms with van der Waals surface area (Å²) in [4.78, 5) is 25.4. The number of hydrogen-bond donors (Lipinski definition) is 6. The molecule has 0 amide bonds. The van der Waals surface area contributed by atoms with Gasteiger partial charge in [-0.15, -0.1) is 0 Å². The molecule has 0 heterocycles. The summed E-state index contributed by atoms with van der Waals surface area (Å²) in [5.41, 5.74) is 0.651. The first-order valence-electron chi connectivity index (χ1n) is 9.05. The second kappa shape index (κ2) is 10.3. The van der Waals surface area contributed by atoms with Crippen LogP contribution in [0.1, 0.15) is 11.1 Å². The van der Waals surface area contributed by atoms with Gasteiger partial charge in [0.1, 0.15) is 0 Å². The lowest BCUT2D eigenvalue weighted by atomic mass is 10.1. The fourth-order valence-corrected chi connectivity index (χ4v) is 2.99. The molecule has 0 aliphatic carbocycles. The van der Waals surface area contributed by atoms with Gasteiger partial charge < -0.3 is 30.6 Å². The van der Waals surface area contributed by atoms with Crippen LogP contribution in [0.15, 0.2) is 36.4 Å². The smallest absolute Gasteiger partial charge is 0.317 e. The summed E-state index contributed by atoms with van der Waals surface area (Å²) in [5, 5.41) is 57.5. The third kappa shape index (κ3) is 6.54. The Bertz CT molecular complexity index is 829. The summed E-state index contributed by atoms with van der Waals surface area (Å²) in [6.07, 6.45) is 0. The zero-order valence-corrected chi connectivity index (χ0v) is 16.1. The summed E-state index contributed by atoms with van der Waals surface area (Å²) >= 11 is 0. The van der Waals surface area contributed by atoms with Crippen molar-refractivity contribution in [2.45, 2.75) is 13.1 Å². The highest BCUT2D eigenvalue weighted by Gasteiger charge is 2.18. The molecule has 0 aliphatic rings. The molecule has 6 N–H and O–H groups in total. The lowest BCUT2D eigenvalue weighted by Crippen LogP contribution is -2.39. The zero-order valence-electron chi connectivity index (χ0n) is 16.1. The number of carboxylic acids is 2. The van der Waals surface area contributed by atoms with E-state index in [9.17, 15) is 40.2 Å². The van der Waals surface area contributed by atoms with E-state index >= 15 is 0 Å². The topological polar surface area (TPSA) is 162 Å². The average molecular weight is 420 g/mol. The standard InChI is InChI=1S/C20H24N2O8/c23-15-5-1-3-13(19(15)29)9-21(11-17(25)26)7-8-22(12-18(27)28)10-14-4-2-6-16(24)20(14)30/h1-6,23-24,29-30H,7-12H2,(H,25,26)(H,27,28). The van der Waals surface area contributed by atoms with Gasteiger partial charge in [0.15, 0.2) is 23.0 Å². The molecule has 2 aromatic carbocycles. The Morgan fingerprint density at radius 2 is 1.03 bits per heavy atom. The van der Waals surface area contributed by atoms with Crippen LogP contribution >= 0.6 is 0 Å². The number of phenols is 4. The number of carboxylic acid groups (broad SMARTS) is 2. The van der Waals surface area contributed by atoms with Crippen LogP contribution in [0.3, 0.4) is 0 Å². The number of rotatable bonds is 11. The van der Waals surface area contributed by atoms with Crippen molar-refractivity contribution in [2.75, 3.05) is 26.2 Å². The van der Waals surface area contributed by atoms with Gasteiger partial charge >= 0.3 is 11.9 Å². The molecule has 162 valence electrons. The molecule has 0 saturated heterocycles. The van der Waals surface area contributed by atoms with Crippen molar-refractivity contribution < 1.29 is 40.2 Å². The molecule has 0 radical (unpaired) electrons. The molecule has 0 atom stereocenters. The predicted molar refractivity (Wildman–Crippen MR) is 105 cm³/mol. The molecule has 0 saturated carbocycles. The highest BCUT2D eigenvalue weighted by molar-refractivity contribution is 5.69. The molecule has 0 fully saturated rings. The van der Waals surface area contributed by atoms with Crippen LogP contribution in [0.4, 0.5) is 0 Å². The van der Waals surface area contributed by atoms with Gasteiger partial charge in [0.05, 0.1) is 13.1 Å². The van der Waals surface area contributed by atoms with Gasteiger partial charge in [-0.1, -0.05) is 24.3 Å². The molecule has 2 aromatic rings. The Hall–Kier alpha value is -3.50. The third-order valence-electron chi connectivity index (χ3n) is 4.43. The van der Waals surface area contributed by atoms with Crippen molar-refractivity contribution in [3.8, 4) is 23.0 Å². The van der Waals surface area contributed by atoms with Crippen LogP contribution in [0.25, 0.3) is 0 Å². The fraction of sp³-hybridized carbons (Fsp3) is 0.300. The first kappa shape index (κ1) is 22.8. The van der Waals surface area contributed by atoms with Crippen LogP contribution in [-0.4, -0.2) is 78.6 Å². The Balaban J connectivity index is 2.13. The molecule has 0 aliphatic heterocycles. The fourth-order valence-electron chi connectivity index (χ4n) is 2.99. The Morgan fingerprint density at radius 1 is 0.667 bits per heavy atom. The van der Waals surface area contributed by atoms with Crippen molar-refractivity contribution in [3.05, 3.63) is 47.5 Å². The number of hydrogen-bond acceptors (Lipinski definition) is 8. The van der Waals surface area contributed by atoms with Crippen molar-refractivity contribution in [3.63, 3.8) is 0 Å². The van der Waals surface area contributed by atoms with Gasteiger partial charge in [0, 0.05) is 37.3 Å². The minimum absolute atomic E-state index is 0.0187. The van der Waals surface area contributed by atoms with E-state index in [0.29, 0.717) is 11.1 Å². The van der Waals surface area contributed by atoms with Gasteiger partial charge in [0.25, 0.3) is 0 Å². The third-order valence-corrected chi connectivity index (χ3v) is 4.43. The van der Waals surface area contributed by atoms with Crippen LogP contribution in [0.5, 0.6) is 23.0 Å². The van der Waals surface area contributed by atoms with Crippen LogP contribution in [-0.2, 0) is 22.7 Å². The number of carbonyl (C=O) groups is 2. The van der Waals surface area contributed by atoms with E-state index in [1.165, 1.54) is 34.1 Å². The summed E-state index contributed by atoms with van der Waals surface area (Å²) < 4.78 is 0.